The Morgan fingerprint density at radius 1 is 1.17 bits per heavy atom. The first-order chi connectivity index (χ1) is 8.70. The number of methoxy groups -OCH3 is 1. The summed E-state index contributed by atoms with van der Waals surface area (Å²) in [5, 5.41) is 12.8. The van der Waals surface area contributed by atoms with Crippen molar-refractivity contribution in [3.05, 3.63) is 53.6 Å². The topological polar surface area (TPSA) is 41.5 Å². The van der Waals surface area contributed by atoms with Crippen molar-refractivity contribution in [1.29, 1.82) is 0 Å². The van der Waals surface area contributed by atoms with Gasteiger partial charge < -0.3 is 15.2 Å². The highest BCUT2D eigenvalue weighted by Crippen LogP contribution is 2.22. The van der Waals surface area contributed by atoms with Crippen molar-refractivity contribution in [1.82, 2.24) is 0 Å². The number of ether oxygens (including phenoxy) is 1. The summed E-state index contributed by atoms with van der Waals surface area (Å²) < 4.78 is 5.30. The summed E-state index contributed by atoms with van der Waals surface area (Å²) in [5.41, 5.74) is 2.95. The lowest BCUT2D eigenvalue weighted by Crippen LogP contribution is -2.01. The molecule has 18 heavy (non-hydrogen) atoms. The molecule has 0 heterocycles. The number of para-hydroxylation sites is 1. The summed E-state index contributed by atoms with van der Waals surface area (Å²) >= 11 is 0. The summed E-state index contributed by atoms with van der Waals surface area (Å²) in [6.45, 7) is 2.57. The second kappa shape index (κ2) is 5.45. The molecule has 94 valence electrons. The SMILES string of the molecule is COc1ccccc1CNc1ccc(O)c(C)c1. The number of phenols is 1. The molecule has 0 bridgehead atoms. The number of benzene rings is 2. The molecule has 2 N–H and O–H groups in total. The van der Waals surface area contributed by atoms with Crippen molar-refractivity contribution < 1.29 is 9.84 Å². The van der Waals surface area contributed by atoms with E-state index in [0.29, 0.717) is 12.3 Å². The number of aromatic hydroxyl groups is 1. The first-order valence-electron chi connectivity index (χ1n) is 5.86. The van der Waals surface area contributed by atoms with Crippen LogP contribution in [0.15, 0.2) is 42.5 Å². The van der Waals surface area contributed by atoms with Crippen LogP contribution in [0.5, 0.6) is 11.5 Å². The fourth-order valence-corrected chi connectivity index (χ4v) is 1.81. The number of anilines is 1. The Labute approximate surface area is 107 Å². The summed E-state index contributed by atoms with van der Waals surface area (Å²) in [5.74, 6) is 1.19. The molecule has 2 rings (SSSR count). The van der Waals surface area contributed by atoms with E-state index < -0.39 is 0 Å². The first kappa shape index (κ1) is 12.3. The van der Waals surface area contributed by atoms with Gasteiger partial charge in [0.1, 0.15) is 11.5 Å². The minimum Gasteiger partial charge on any atom is -0.508 e. The van der Waals surface area contributed by atoms with Crippen molar-refractivity contribution >= 4 is 5.69 Å². The van der Waals surface area contributed by atoms with Gasteiger partial charge in [-0.3, -0.25) is 0 Å². The van der Waals surface area contributed by atoms with E-state index >= 15 is 0 Å². The fraction of sp³-hybridized carbons (Fsp3) is 0.200. The Bertz CT molecular complexity index is 538. The van der Waals surface area contributed by atoms with E-state index in [1.165, 1.54) is 0 Å². The zero-order chi connectivity index (χ0) is 13.0. The Balaban J connectivity index is 2.09. The van der Waals surface area contributed by atoms with Gasteiger partial charge in [-0.15, -0.1) is 0 Å². The molecule has 0 fully saturated rings. The van der Waals surface area contributed by atoms with Crippen LogP contribution in [0, 0.1) is 6.92 Å². The Hall–Kier alpha value is -2.16. The van der Waals surface area contributed by atoms with Crippen LogP contribution in [-0.2, 0) is 6.54 Å². The fourth-order valence-electron chi connectivity index (χ4n) is 1.81. The Morgan fingerprint density at radius 3 is 2.67 bits per heavy atom. The molecule has 0 spiro atoms. The molecule has 0 aliphatic heterocycles. The lowest BCUT2D eigenvalue weighted by atomic mass is 10.1. The van der Waals surface area contributed by atoms with E-state index in [2.05, 4.69) is 5.32 Å². The number of aryl methyl sites for hydroxylation is 1. The standard InChI is InChI=1S/C15H17NO2/c1-11-9-13(7-8-14(11)17)16-10-12-5-3-4-6-15(12)18-2/h3-9,16-17H,10H2,1-2H3. The third kappa shape index (κ3) is 2.74. The van der Waals surface area contributed by atoms with E-state index in [1.807, 2.05) is 43.3 Å². The third-order valence-corrected chi connectivity index (χ3v) is 2.87. The van der Waals surface area contributed by atoms with Crippen molar-refractivity contribution in [3.63, 3.8) is 0 Å². The highest BCUT2D eigenvalue weighted by molar-refractivity contribution is 5.51. The van der Waals surface area contributed by atoms with Crippen LogP contribution in [-0.4, -0.2) is 12.2 Å². The van der Waals surface area contributed by atoms with Gasteiger partial charge in [-0.2, -0.15) is 0 Å². The second-order valence-corrected chi connectivity index (χ2v) is 4.17. The Kier molecular flexibility index (Phi) is 3.72. The molecule has 0 radical (unpaired) electrons. The molecule has 0 saturated heterocycles. The molecule has 0 aliphatic carbocycles. The van der Waals surface area contributed by atoms with Crippen LogP contribution in [0.1, 0.15) is 11.1 Å². The summed E-state index contributed by atoms with van der Waals surface area (Å²) in [7, 11) is 1.67. The molecule has 0 atom stereocenters. The van der Waals surface area contributed by atoms with E-state index in [4.69, 9.17) is 4.74 Å². The lowest BCUT2D eigenvalue weighted by Gasteiger charge is -2.11. The van der Waals surface area contributed by atoms with Gasteiger partial charge in [0.25, 0.3) is 0 Å². The van der Waals surface area contributed by atoms with Crippen LogP contribution in [0.25, 0.3) is 0 Å². The van der Waals surface area contributed by atoms with Crippen LogP contribution in [0.3, 0.4) is 0 Å². The average Bonchev–Trinajstić information content (AvgIpc) is 2.40. The molecule has 3 heteroatoms. The number of hydrogen-bond acceptors (Lipinski definition) is 3. The van der Waals surface area contributed by atoms with Crippen molar-refractivity contribution in [2.24, 2.45) is 0 Å². The maximum absolute atomic E-state index is 9.46. The molecule has 0 unspecified atom stereocenters. The van der Waals surface area contributed by atoms with Crippen LogP contribution < -0.4 is 10.1 Å². The van der Waals surface area contributed by atoms with Gasteiger partial charge in [0, 0.05) is 17.8 Å². The number of phenolic OH excluding ortho intramolecular Hbond substituents is 1. The van der Waals surface area contributed by atoms with E-state index in [0.717, 1.165) is 22.6 Å². The van der Waals surface area contributed by atoms with Crippen LogP contribution >= 0.6 is 0 Å². The zero-order valence-corrected chi connectivity index (χ0v) is 10.6. The molecule has 3 nitrogen and oxygen atoms in total. The Morgan fingerprint density at radius 2 is 1.94 bits per heavy atom. The van der Waals surface area contributed by atoms with Gasteiger partial charge in [0.15, 0.2) is 0 Å². The average molecular weight is 243 g/mol. The molecule has 0 saturated carbocycles. The van der Waals surface area contributed by atoms with Gasteiger partial charge in [-0.05, 0) is 36.8 Å². The minimum absolute atomic E-state index is 0.317. The van der Waals surface area contributed by atoms with Gasteiger partial charge in [0.05, 0.1) is 7.11 Å². The lowest BCUT2D eigenvalue weighted by molar-refractivity contribution is 0.410. The second-order valence-electron chi connectivity index (χ2n) is 4.17. The largest absolute Gasteiger partial charge is 0.508 e. The highest BCUT2D eigenvalue weighted by Gasteiger charge is 2.02. The normalized spacial score (nSPS) is 10.1. The molecule has 2 aromatic rings. The third-order valence-electron chi connectivity index (χ3n) is 2.87. The summed E-state index contributed by atoms with van der Waals surface area (Å²) in [6.07, 6.45) is 0. The van der Waals surface area contributed by atoms with E-state index in [-0.39, 0.29) is 0 Å². The van der Waals surface area contributed by atoms with Gasteiger partial charge >= 0.3 is 0 Å². The molecular formula is C15H17NO2. The highest BCUT2D eigenvalue weighted by atomic mass is 16.5. The molecule has 0 amide bonds. The maximum Gasteiger partial charge on any atom is 0.123 e. The van der Waals surface area contributed by atoms with E-state index in [9.17, 15) is 5.11 Å². The smallest absolute Gasteiger partial charge is 0.123 e. The van der Waals surface area contributed by atoms with Gasteiger partial charge in [-0.1, -0.05) is 18.2 Å². The van der Waals surface area contributed by atoms with E-state index in [1.54, 1.807) is 13.2 Å². The number of hydrogen-bond donors (Lipinski definition) is 2. The number of nitrogens with one attached hydrogen (secondary N) is 1. The molecular weight excluding hydrogens is 226 g/mol. The van der Waals surface area contributed by atoms with Gasteiger partial charge in [-0.25, -0.2) is 0 Å². The minimum atomic E-state index is 0.317. The predicted octanol–water partition coefficient (Wildman–Crippen LogP) is 3.32. The van der Waals surface area contributed by atoms with Gasteiger partial charge in [0.2, 0.25) is 0 Å². The maximum atomic E-state index is 9.46. The summed E-state index contributed by atoms with van der Waals surface area (Å²) in [6, 6.07) is 13.4. The van der Waals surface area contributed by atoms with Crippen molar-refractivity contribution in [3.8, 4) is 11.5 Å². The van der Waals surface area contributed by atoms with Crippen molar-refractivity contribution in [2.45, 2.75) is 13.5 Å². The predicted molar refractivity (Wildman–Crippen MR) is 73.2 cm³/mol. The molecule has 0 aromatic heterocycles. The van der Waals surface area contributed by atoms with Crippen LogP contribution in [0.2, 0.25) is 0 Å². The number of rotatable bonds is 4. The zero-order valence-electron chi connectivity index (χ0n) is 10.6. The van der Waals surface area contributed by atoms with Crippen molar-refractivity contribution in [2.75, 3.05) is 12.4 Å². The quantitative estimate of drug-likeness (QED) is 0.809. The molecule has 0 aliphatic rings. The molecule has 2 aromatic carbocycles. The first-order valence-corrected chi connectivity index (χ1v) is 5.86. The monoisotopic (exact) mass is 243 g/mol. The summed E-state index contributed by atoms with van der Waals surface area (Å²) in [4.78, 5) is 0. The van der Waals surface area contributed by atoms with Crippen LogP contribution in [0.4, 0.5) is 5.69 Å².